The number of hydrogen-bond donors (Lipinski definition) is 1. The smallest absolute Gasteiger partial charge is 0.125 e. The molecule has 1 aromatic rings. The van der Waals surface area contributed by atoms with E-state index in [0.29, 0.717) is 17.5 Å². The highest BCUT2D eigenvalue weighted by atomic mass is 16.5. The van der Waals surface area contributed by atoms with Crippen LogP contribution in [0.5, 0.6) is 5.75 Å². The fourth-order valence-corrected chi connectivity index (χ4v) is 3.82. The molecule has 0 saturated heterocycles. The summed E-state index contributed by atoms with van der Waals surface area (Å²) in [6.45, 7) is 9.19. The fraction of sp³-hybridized carbons (Fsp3) is 0.667. The molecule has 2 aliphatic rings. The third-order valence-electron chi connectivity index (χ3n) is 5.17. The van der Waals surface area contributed by atoms with Crippen LogP contribution in [0.4, 0.5) is 0 Å². The lowest BCUT2D eigenvalue weighted by Gasteiger charge is -2.42. The first kappa shape index (κ1) is 13.9. The Morgan fingerprint density at radius 2 is 1.85 bits per heavy atom. The van der Waals surface area contributed by atoms with Gasteiger partial charge in [-0.2, -0.15) is 0 Å². The second-order valence-electron chi connectivity index (χ2n) is 7.63. The molecule has 1 fully saturated rings. The molecule has 2 atom stereocenters. The summed E-state index contributed by atoms with van der Waals surface area (Å²) in [6.07, 6.45) is 5.31. The summed E-state index contributed by atoms with van der Waals surface area (Å²) in [5, 5.41) is 3.93. The number of para-hydroxylation sites is 1. The quantitative estimate of drug-likeness (QED) is 0.859. The molecule has 2 heteroatoms. The van der Waals surface area contributed by atoms with E-state index in [-0.39, 0.29) is 5.60 Å². The highest BCUT2D eigenvalue weighted by Gasteiger charge is 2.44. The molecule has 2 unspecified atom stereocenters. The van der Waals surface area contributed by atoms with Crippen molar-refractivity contribution in [3.05, 3.63) is 29.8 Å². The first-order valence-corrected chi connectivity index (χ1v) is 7.94. The Morgan fingerprint density at radius 1 is 1.10 bits per heavy atom. The second-order valence-corrected chi connectivity index (χ2v) is 7.63. The van der Waals surface area contributed by atoms with E-state index < -0.39 is 0 Å². The van der Waals surface area contributed by atoms with Crippen molar-refractivity contribution in [3.8, 4) is 5.75 Å². The Labute approximate surface area is 122 Å². The zero-order valence-electron chi connectivity index (χ0n) is 13.2. The Hall–Kier alpha value is -1.02. The van der Waals surface area contributed by atoms with Crippen molar-refractivity contribution < 1.29 is 4.74 Å². The van der Waals surface area contributed by atoms with Gasteiger partial charge in [-0.15, -0.1) is 0 Å². The van der Waals surface area contributed by atoms with Crippen LogP contribution in [0, 0.1) is 5.41 Å². The fourth-order valence-electron chi connectivity index (χ4n) is 3.82. The molecule has 0 bridgehead atoms. The van der Waals surface area contributed by atoms with E-state index >= 15 is 0 Å². The molecule has 1 aliphatic carbocycles. The topological polar surface area (TPSA) is 21.3 Å². The van der Waals surface area contributed by atoms with Gasteiger partial charge in [-0.1, -0.05) is 44.9 Å². The monoisotopic (exact) mass is 273 g/mol. The first-order valence-electron chi connectivity index (χ1n) is 7.94. The highest BCUT2D eigenvalue weighted by molar-refractivity contribution is 5.42. The predicted octanol–water partition coefficient (Wildman–Crippen LogP) is 4.46. The van der Waals surface area contributed by atoms with Crippen molar-refractivity contribution in [1.29, 1.82) is 0 Å². The summed E-state index contributed by atoms with van der Waals surface area (Å²) >= 11 is 0. The van der Waals surface area contributed by atoms with Crippen LogP contribution in [0.15, 0.2) is 24.3 Å². The van der Waals surface area contributed by atoms with Gasteiger partial charge in [0.05, 0.1) is 6.04 Å². The Morgan fingerprint density at radius 3 is 2.60 bits per heavy atom. The van der Waals surface area contributed by atoms with Crippen molar-refractivity contribution in [2.24, 2.45) is 5.41 Å². The minimum absolute atomic E-state index is 0.169. The van der Waals surface area contributed by atoms with Crippen LogP contribution < -0.4 is 10.1 Å². The van der Waals surface area contributed by atoms with Crippen molar-refractivity contribution >= 4 is 0 Å². The van der Waals surface area contributed by atoms with Gasteiger partial charge in [0.1, 0.15) is 11.4 Å². The molecule has 3 rings (SSSR count). The van der Waals surface area contributed by atoms with Gasteiger partial charge in [-0.25, -0.2) is 0 Å². The van der Waals surface area contributed by atoms with Crippen LogP contribution >= 0.6 is 0 Å². The van der Waals surface area contributed by atoms with Crippen molar-refractivity contribution in [2.75, 3.05) is 0 Å². The molecule has 2 nitrogen and oxygen atoms in total. The summed E-state index contributed by atoms with van der Waals surface area (Å²) in [4.78, 5) is 0. The second kappa shape index (κ2) is 4.77. The lowest BCUT2D eigenvalue weighted by atomic mass is 9.72. The van der Waals surface area contributed by atoms with E-state index in [1.807, 2.05) is 0 Å². The van der Waals surface area contributed by atoms with Crippen molar-refractivity contribution in [2.45, 2.75) is 71.1 Å². The zero-order valence-corrected chi connectivity index (χ0v) is 13.2. The minimum atomic E-state index is -0.169. The number of nitrogens with one attached hydrogen (secondary N) is 1. The van der Waals surface area contributed by atoms with Crippen LogP contribution in [0.3, 0.4) is 0 Å². The van der Waals surface area contributed by atoms with Gasteiger partial charge in [0.2, 0.25) is 0 Å². The van der Waals surface area contributed by atoms with Gasteiger partial charge in [-0.05, 0) is 38.2 Å². The summed E-state index contributed by atoms with van der Waals surface area (Å²) in [5.41, 5.74) is 1.53. The minimum Gasteiger partial charge on any atom is -0.486 e. The van der Waals surface area contributed by atoms with Crippen LogP contribution in [-0.2, 0) is 0 Å². The number of benzene rings is 1. The number of rotatable bonds is 2. The lowest BCUT2D eigenvalue weighted by molar-refractivity contribution is 0.0673. The normalized spacial score (nSPS) is 30.6. The molecule has 1 saturated carbocycles. The molecular weight excluding hydrogens is 246 g/mol. The molecular formula is C18H27NO. The summed E-state index contributed by atoms with van der Waals surface area (Å²) in [6, 6.07) is 9.34. The highest BCUT2D eigenvalue weighted by Crippen LogP contribution is 2.45. The zero-order chi connectivity index (χ0) is 14.4. The maximum Gasteiger partial charge on any atom is 0.125 e. The Kier molecular flexibility index (Phi) is 3.32. The third kappa shape index (κ3) is 2.35. The van der Waals surface area contributed by atoms with Crippen molar-refractivity contribution in [3.63, 3.8) is 0 Å². The van der Waals surface area contributed by atoms with E-state index in [1.54, 1.807) is 0 Å². The Bertz CT molecular complexity index is 492. The maximum absolute atomic E-state index is 6.15. The van der Waals surface area contributed by atoms with Gasteiger partial charge in [0, 0.05) is 11.6 Å². The van der Waals surface area contributed by atoms with E-state index in [1.165, 1.54) is 31.2 Å². The molecule has 0 spiro atoms. The maximum atomic E-state index is 6.15. The lowest BCUT2D eigenvalue weighted by Crippen LogP contribution is -2.50. The Balaban J connectivity index is 1.86. The van der Waals surface area contributed by atoms with Gasteiger partial charge in [0.25, 0.3) is 0 Å². The number of ether oxygens (including phenoxy) is 1. The molecule has 1 N–H and O–H groups in total. The average Bonchev–Trinajstić information content (AvgIpc) is 2.62. The van der Waals surface area contributed by atoms with Crippen molar-refractivity contribution in [1.82, 2.24) is 5.32 Å². The van der Waals surface area contributed by atoms with Gasteiger partial charge >= 0.3 is 0 Å². The van der Waals surface area contributed by atoms with E-state index in [9.17, 15) is 0 Å². The first-order chi connectivity index (χ1) is 9.40. The molecule has 1 heterocycles. The molecule has 20 heavy (non-hydrogen) atoms. The SMILES string of the molecule is CC1(C)CCCCC1NC1c2ccccc2OC1(C)C. The largest absolute Gasteiger partial charge is 0.486 e. The molecule has 0 aromatic heterocycles. The third-order valence-corrected chi connectivity index (χ3v) is 5.17. The number of hydrogen-bond acceptors (Lipinski definition) is 2. The molecule has 0 radical (unpaired) electrons. The van der Waals surface area contributed by atoms with Crippen LogP contribution in [0.1, 0.15) is 65.0 Å². The summed E-state index contributed by atoms with van der Waals surface area (Å²) in [7, 11) is 0. The van der Waals surface area contributed by atoms with Gasteiger partial charge in [-0.3, -0.25) is 0 Å². The summed E-state index contributed by atoms with van der Waals surface area (Å²) < 4.78 is 6.15. The van der Waals surface area contributed by atoms with Gasteiger partial charge < -0.3 is 10.1 Å². The molecule has 1 aliphatic heterocycles. The number of fused-ring (bicyclic) bond motifs is 1. The van der Waals surface area contributed by atoms with Gasteiger partial charge in [0.15, 0.2) is 0 Å². The van der Waals surface area contributed by atoms with E-state index in [0.717, 1.165) is 5.75 Å². The summed E-state index contributed by atoms with van der Waals surface area (Å²) in [5.74, 6) is 1.05. The van der Waals surface area contributed by atoms with Crippen LogP contribution in [0.2, 0.25) is 0 Å². The van der Waals surface area contributed by atoms with E-state index in [2.05, 4.69) is 57.3 Å². The molecule has 0 amide bonds. The van der Waals surface area contributed by atoms with Crippen LogP contribution in [0.25, 0.3) is 0 Å². The molecule has 110 valence electrons. The standard InChI is InChI=1S/C18H27NO/c1-17(2)12-8-7-11-15(17)19-16-13-9-5-6-10-14(13)20-18(16,3)4/h5-6,9-10,15-16,19H,7-8,11-12H2,1-4H3. The van der Waals surface area contributed by atoms with Crippen LogP contribution in [-0.4, -0.2) is 11.6 Å². The predicted molar refractivity (Wildman–Crippen MR) is 83.1 cm³/mol. The van der Waals surface area contributed by atoms with E-state index in [4.69, 9.17) is 4.74 Å². The molecule has 1 aromatic carbocycles. The average molecular weight is 273 g/mol.